The van der Waals surface area contributed by atoms with E-state index in [0.29, 0.717) is 11.3 Å². The molecule has 126 valence electrons. The molecule has 0 aromatic heterocycles. The van der Waals surface area contributed by atoms with Crippen molar-refractivity contribution in [2.24, 2.45) is 5.16 Å². The summed E-state index contributed by atoms with van der Waals surface area (Å²) in [7, 11) is 0. The van der Waals surface area contributed by atoms with Crippen molar-refractivity contribution in [2.45, 2.75) is 22.9 Å². The highest BCUT2D eigenvalue weighted by molar-refractivity contribution is 7.99. The average Bonchev–Trinajstić information content (AvgIpc) is 2.54. The molecule has 0 aliphatic rings. The molecule has 2 rings (SSSR count). The SMILES string of the molecule is C/C(=N\OC(=O)C(F)(F)F)c1ccc(Sc2ccc(N)cc2)cc1. The molecule has 0 saturated carbocycles. The summed E-state index contributed by atoms with van der Waals surface area (Å²) in [4.78, 5) is 16.4. The molecule has 0 radical (unpaired) electrons. The molecule has 24 heavy (non-hydrogen) atoms. The van der Waals surface area contributed by atoms with Crippen molar-refractivity contribution in [3.05, 3.63) is 54.1 Å². The summed E-state index contributed by atoms with van der Waals surface area (Å²) in [6, 6.07) is 14.3. The summed E-state index contributed by atoms with van der Waals surface area (Å²) >= 11 is 1.51. The van der Waals surface area contributed by atoms with Crippen LogP contribution >= 0.6 is 11.8 Å². The van der Waals surface area contributed by atoms with Crippen LogP contribution in [0.4, 0.5) is 18.9 Å². The topological polar surface area (TPSA) is 64.7 Å². The number of carbonyl (C=O) groups excluding carboxylic acids is 1. The molecule has 2 N–H and O–H groups in total. The van der Waals surface area contributed by atoms with Crippen molar-refractivity contribution in [3.63, 3.8) is 0 Å². The van der Waals surface area contributed by atoms with Crippen LogP contribution in [0.1, 0.15) is 12.5 Å². The van der Waals surface area contributed by atoms with E-state index in [9.17, 15) is 18.0 Å². The van der Waals surface area contributed by atoms with Crippen LogP contribution in [0.25, 0.3) is 0 Å². The minimum absolute atomic E-state index is 0.164. The lowest BCUT2D eigenvalue weighted by Gasteiger charge is -2.05. The van der Waals surface area contributed by atoms with Crippen molar-refractivity contribution < 1.29 is 22.8 Å². The summed E-state index contributed by atoms with van der Waals surface area (Å²) in [6.45, 7) is 1.45. The number of hydrogen-bond acceptors (Lipinski definition) is 5. The second kappa shape index (κ2) is 7.39. The quantitative estimate of drug-likeness (QED) is 0.386. The molecule has 0 unspecified atom stereocenters. The highest BCUT2D eigenvalue weighted by Gasteiger charge is 2.41. The van der Waals surface area contributed by atoms with Gasteiger partial charge in [-0.05, 0) is 48.9 Å². The van der Waals surface area contributed by atoms with Crippen molar-refractivity contribution in [3.8, 4) is 0 Å². The summed E-state index contributed by atoms with van der Waals surface area (Å²) < 4.78 is 36.1. The van der Waals surface area contributed by atoms with Gasteiger partial charge in [-0.1, -0.05) is 29.1 Å². The second-order valence-electron chi connectivity index (χ2n) is 4.75. The van der Waals surface area contributed by atoms with Crippen molar-refractivity contribution in [1.82, 2.24) is 0 Å². The maximum absolute atomic E-state index is 12.0. The zero-order valence-electron chi connectivity index (χ0n) is 12.5. The first-order valence-corrected chi connectivity index (χ1v) is 7.54. The van der Waals surface area contributed by atoms with Crippen LogP contribution in [0.3, 0.4) is 0 Å². The van der Waals surface area contributed by atoms with E-state index in [-0.39, 0.29) is 5.71 Å². The van der Waals surface area contributed by atoms with Crippen molar-refractivity contribution in [2.75, 3.05) is 5.73 Å². The van der Waals surface area contributed by atoms with E-state index in [4.69, 9.17) is 5.73 Å². The van der Waals surface area contributed by atoms with Gasteiger partial charge in [0.2, 0.25) is 0 Å². The number of hydrogen-bond donors (Lipinski definition) is 1. The van der Waals surface area contributed by atoms with E-state index in [2.05, 4.69) is 9.99 Å². The molecule has 0 fully saturated rings. The Labute approximate surface area is 140 Å². The van der Waals surface area contributed by atoms with Crippen LogP contribution in [-0.4, -0.2) is 17.9 Å². The molecule has 0 bridgehead atoms. The third-order valence-electron chi connectivity index (χ3n) is 2.88. The Morgan fingerprint density at radius 3 is 2.04 bits per heavy atom. The van der Waals surface area contributed by atoms with Gasteiger partial charge in [-0.25, -0.2) is 4.79 Å². The smallest absolute Gasteiger partial charge is 0.399 e. The first kappa shape index (κ1) is 17.9. The fourth-order valence-electron chi connectivity index (χ4n) is 1.65. The van der Waals surface area contributed by atoms with Gasteiger partial charge < -0.3 is 10.6 Å². The zero-order valence-corrected chi connectivity index (χ0v) is 13.3. The molecule has 0 aliphatic carbocycles. The minimum Gasteiger partial charge on any atom is -0.399 e. The van der Waals surface area contributed by atoms with Gasteiger partial charge in [-0.2, -0.15) is 13.2 Å². The van der Waals surface area contributed by atoms with Crippen LogP contribution < -0.4 is 5.73 Å². The molecule has 0 amide bonds. The van der Waals surface area contributed by atoms with Crippen LogP contribution in [0, 0.1) is 0 Å². The first-order chi connectivity index (χ1) is 11.3. The van der Waals surface area contributed by atoms with Gasteiger partial charge in [0.25, 0.3) is 0 Å². The lowest BCUT2D eigenvalue weighted by molar-refractivity contribution is -0.199. The summed E-state index contributed by atoms with van der Waals surface area (Å²) in [5, 5.41) is 3.21. The summed E-state index contributed by atoms with van der Waals surface area (Å²) in [6.07, 6.45) is -5.07. The molecule has 2 aromatic carbocycles. The second-order valence-corrected chi connectivity index (χ2v) is 5.90. The largest absolute Gasteiger partial charge is 0.493 e. The maximum Gasteiger partial charge on any atom is 0.493 e. The minimum atomic E-state index is -5.07. The number of halogens is 3. The van der Waals surface area contributed by atoms with Gasteiger partial charge in [0, 0.05) is 15.5 Å². The Kier molecular flexibility index (Phi) is 5.50. The molecule has 2 aromatic rings. The third kappa shape index (κ3) is 5.02. The Balaban J connectivity index is 2.03. The number of nitrogens with two attached hydrogens (primary N) is 1. The molecule has 0 aliphatic heterocycles. The number of nitrogens with zero attached hydrogens (tertiary/aromatic N) is 1. The molecule has 0 spiro atoms. The van der Waals surface area contributed by atoms with E-state index < -0.39 is 12.1 Å². The monoisotopic (exact) mass is 354 g/mol. The summed E-state index contributed by atoms with van der Waals surface area (Å²) in [5.74, 6) is -2.35. The van der Waals surface area contributed by atoms with Gasteiger partial charge in [0.1, 0.15) is 0 Å². The van der Waals surface area contributed by atoms with Crippen molar-refractivity contribution >= 4 is 29.1 Å². The Morgan fingerprint density at radius 2 is 1.54 bits per heavy atom. The molecule has 0 heterocycles. The number of benzene rings is 2. The predicted molar refractivity (Wildman–Crippen MR) is 85.8 cm³/mol. The molecule has 4 nitrogen and oxygen atoms in total. The van der Waals surface area contributed by atoms with Crippen LogP contribution in [0.15, 0.2) is 63.5 Å². The maximum atomic E-state index is 12.0. The van der Waals surface area contributed by atoms with E-state index in [1.807, 2.05) is 12.1 Å². The van der Waals surface area contributed by atoms with Crippen LogP contribution in [0.5, 0.6) is 0 Å². The van der Waals surface area contributed by atoms with E-state index in [0.717, 1.165) is 9.79 Å². The normalized spacial score (nSPS) is 12.1. The van der Waals surface area contributed by atoms with Gasteiger partial charge >= 0.3 is 12.1 Å². The zero-order chi connectivity index (χ0) is 17.7. The number of carbonyl (C=O) groups is 1. The molecule has 0 atom stereocenters. The first-order valence-electron chi connectivity index (χ1n) is 6.72. The van der Waals surface area contributed by atoms with Gasteiger partial charge in [0.05, 0.1) is 5.71 Å². The predicted octanol–water partition coefficient (Wildman–Crippen LogP) is 4.25. The molecular weight excluding hydrogens is 341 g/mol. The van der Waals surface area contributed by atoms with Crippen LogP contribution in [0.2, 0.25) is 0 Å². The molecular formula is C16H13F3N2O2S. The highest BCUT2D eigenvalue weighted by Crippen LogP contribution is 2.28. The Morgan fingerprint density at radius 1 is 1.04 bits per heavy atom. The number of oxime groups is 1. The Bertz CT molecular complexity index is 741. The Hall–Kier alpha value is -2.48. The summed E-state index contributed by atoms with van der Waals surface area (Å²) in [5.41, 5.74) is 7.01. The number of nitrogen functional groups attached to an aromatic ring is 1. The van der Waals surface area contributed by atoms with E-state index >= 15 is 0 Å². The fraction of sp³-hybridized carbons (Fsp3) is 0.125. The number of alkyl halides is 3. The molecule has 8 heteroatoms. The van der Waals surface area contributed by atoms with E-state index in [1.54, 1.807) is 36.4 Å². The number of anilines is 1. The highest BCUT2D eigenvalue weighted by atomic mass is 32.2. The number of rotatable bonds is 4. The molecule has 0 saturated heterocycles. The van der Waals surface area contributed by atoms with Gasteiger partial charge in [0.15, 0.2) is 0 Å². The average molecular weight is 354 g/mol. The van der Waals surface area contributed by atoms with E-state index in [1.165, 1.54) is 18.7 Å². The third-order valence-corrected chi connectivity index (χ3v) is 3.90. The van der Waals surface area contributed by atoms with Crippen LogP contribution in [-0.2, 0) is 9.63 Å². The standard InChI is InChI=1S/C16H13F3N2O2S/c1-10(21-23-15(22)16(17,18)19)11-2-6-13(7-3-11)24-14-8-4-12(20)5-9-14/h2-9H,20H2,1H3/b21-10+. The lowest BCUT2D eigenvalue weighted by Crippen LogP contribution is -2.24. The fourth-order valence-corrected chi connectivity index (χ4v) is 2.47. The van der Waals surface area contributed by atoms with Crippen molar-refractivity contribution in [1.29, 1.82) is 0 Å². The van der Waals surface area contributed by atoms with Gasteiger partial charge in [-0.15, -0.1) is 0 Å². The lowest BCUT2D eigenvalue weighted by atomic mass is 10.1. The van der Waals surface area contributed by atoms with Gasteiger partial charge in [-0.3, -0.25) is 0 Å².